The lowest BCUT2D eigenvalue weighted by Gasteiger charge is -2.09. The summed E-state index contributed by atoms with van der Waals surface area (Å²) < 4.78 is 10.3. The van der Waals surface area contributed by atoms with E-state index in [2.05, 4.69) is 32.5 Å². The van der Waals surface area contributed by atoms with Crippen molar-refractivity contribution in [2.45, 2.75) is 39.7 Å². The molecule has 4 aromatic heterocycles. The minimum Gasteiger partial charge on any atom is -0.462 e. The van der Waals surface area contributed by atoms with E-state index < -0.39 is 5.97 Å². The Bertz CT molecular complexity index is 1650. The molecule has 0 radical (unpaired) electrons. The number of aryl methyl sites for hydroxylation is 2. The van der Waals surface area contributed by atoms with Gasteiger partial charge in [0, 0.05) is 36.9 Å². The molecular weight excluding hydrogens is 496 g/mol. The average Bonchev–Trinajstić information content (AvgIpc) is 3.69. The Labute approximate surface area is 225 Å². The summed E-state index contributed by atoms with van der Waals surface area (Å²) in [4.78, 5) is 31.0. The fourth-order valence-corrected chi connectivity index (χ4v) is 4.62. The zero-order valence-electron chi connectivity index (χ0n) is 22.2. The molecule has 0 bridgehead atoms. The van der Waals surface area contributed by atoms with E-state index in [0.29, 0.717) is 23.8 Å². The van der Waals surface area contributed by atoms with Gasteiger partial charge < -0.3 is 9.30 Å². The highest BCUT2D eigenvalue weighted by Gasteiger charge is 2.22. The van der Waals surface area contributed by atoms with Gasteiger partial charge in [0.05, 0.1) is 18.8 Å². The number of aromatic nitrogens is 8. The molecule has 39 heavy (non-hydrogen) atoms. The molecule has 0 aliphatic rings. The zero-order chi connectivity index (χ0) is 27.4. The molecule has 11 heteroatoms. The Hall–Kier alpha value is -4.80. The summed E-state index contributed by atoms with van der Waals surface area (Å²) >= 11 is 0. The van der Waals surface area contributed by atoms with Crippen LogP contribution in [0.5, 0.6) is 0 Å². The lowest BCUT2D eigenvalue weighted by molar-refractivity contribution is 0.0526. The van der Waals surface area contributed by atoms with Gasteiger partial charge in [0.1, 0.15) is 11.4 Å². The molecule has 0 amide bonds. The molecule has 0 atom stereocenters. The van der Waals surface area contributed by atoms with Gasteiger partial charge in [-0.3, -0.25) is 14.1 Å². The van der Waals surface area contributed by atoms with Crippen LogP contribution in [0.25, 0.3) is 28.3 Å². The average molecular weight is 527 g/mol. The number of nitrogens with one attached hydrogen (secondary N) is 1. The van der Waals surface area contributed by atoms with E-state index in [1.807, 2.05) is 42.6 Å². The van der Waals surface area contributed by atoms with Crippen molar-refractivity contribution in [1.29, 1.82) is 0 Å². The molecule has 4 heterocycles. The van der Waals surface area contributed by atoms with Crippen molar-refractivity contribution in [2.24, 2.45) is 7.05 Å². The number of imidazole rings is 1. The number of benzene rings is 1. The Kier molecular flexibility index (Phi) is 7.48. The Morgan fingerprint density at radius 3 is 2.67 bits per heavy atom. The van der Waals surface area contributed by atoms with Crippen molar-refractivity contribution in [2.75, 3.05) is 6.61 Å². The van der Waals surface area contributed by atoms with Crippen molar-refractivity contribution >= 4 is 5.97 Å². The van der Waals surface area contributed by atoms with Crippen LogP contribution in [0.4, 0.5) is 0 Å². The van der Waals surface area contributed by atoms with Crippen LogP contribution in [0.1, 0.15) is 48.4 Å². The first kappa shape index (κ1) is 25.8. The van der Waals surface area contributed by atoms with Crippen LogP contribution < -0.4 is 5.69 Å². The predicted molar refractivity (Wildman–Crippen MR) is 146 cm³/mol. The van der Waals surface area contributed by atoms with E-state index in [1.165, 1.54) is 4.57 Å². The number of tetrazole rings is 1. The van der Waals surface area contributed by atoms with Crippen molar-refractivity contribution in [1.82, 2.24) is 39.3 Å². The predicted octanol–water partition coefficient (Wildman–Crippen LogP) is 3.79. The maximum Gasteiger partial charge on any atom is 0.341 e. The molecule has 0 spiro atoms. The van der Waals surface area contributed by atoms with Crippen LogP contribution in [0.2, 0.25) is 0 Å². The maximum absolute atomic E-state index is 13.8. The number of carbonyl (C=O) groups is 1. The largest absolute Gasteiger partial charge is 0.462 e. The molecule has 200 valence electrons. The van der Waals surface area contributed by atoms with Gasteiger partial charge in [-0.05, 0) is 60.4 Å². The van der Waals surface area contributed by atoms with Crippen LogP contribution in [0.15, 0.2) is 65.8 Å². The van der Waals surface area contributed by atoms with E-state index in [1.54, 1.807) is 41.6 Å². The van der Waals surface area contributed by atoms with Gasteiger partial charge in [-0.25, -0.2) is 9.59 Å². The fourth-order valence-electron chi connectivity index (χ4n) is 4.62. The standard InChI is InChI=1S/C28H30N8O3/c1-4-6-10-23-18-36(26-24(12-14-34(26)3)27(37)39-5-2)28(38)35(23)17-22-16-20(11-13-29-22)19-8-7-9-21(15-19)25-30-32-33-31-25/h7-9,11-16,18H,4-6,10,17H2,1-3H3,(H,30,31,32,33). The van der Waals surface area contributed by atoms with Crippen LogP contribution in [0, 0.1) is 0 Å². The minimum atomic E-state index is -0.458. The number of unbranched alkanes of at least 4 members (excludes halogenated alkanes) is 1. The molecule has 0 fully saturated rings. The number of nitrogens with zero attached hydrogens (tertiary/aromatic N) is 7. The van der Waals surface area contributed by atoms with Crippen molar-refractivity contribution in [3.63, 3.8) is 0 Å². The number of carbonyl (C=O) groups excluding carboxylic acids is 1. The number of aromatic amines is 1. The van der Waals surface area contributed by atoms with Crippen molar-refractivity contribution in [3.05, 3.63) is 88.5 Å². The van der Waals surface area contributed by atoms with E-state index in [-0.39, 0.29) is 12.3 Å². The van der Waals surface area contributed by atoms with E-state index in [4.69, 9.17) is 4.74 Å². The molecule has 1 N–H and O–H groups in total. The first-order valence-electron chi connectivity index (χ1n) is 12.9. The second-order valence-corrected chi connectivity index (χ2v) is 9.20. The maximum atomic E-state index is 13.8. The van der Waals surface area contributed by atoms with Crippen molar-refractivity contribution < 1.29 is 9.53 Å². The molecule has 0 aliphatic carbocycles. The molecule has 5 rings (SSSR count). The summed E-state index contributed by atoms with van der Waals surface area (Å²) in [7, 11) is 1.81. The normalized spacial score (nSPS) is 11.2. The molecule has 0 aliphatic heterocycles. The van der Waals surface area contributed by atoms with Gasteiger partial charge in [-0.15, -0.1) is 10.2 Å². The summed E-state index contributed by atoms with van der Waals surface area (Å²) in [6.07, 6.45) is 7.97. The third-order valence-corrected chi connectivity index (χ3v) is 6.55. The van der Waals surface area contributed by atoms with E-state index in [0.717, 1.165) is 47.3 Å². The quantitative estimate of drug-likeness (QED) is 0.275. The molecular formula is C28H30N8O3. The minimum absolute atomic E-state index is 0.236. The number of rotatable bonds is 10. The van der Waals surface area contributed by atoms with Gasteiger partial charge in [-0.1, -0.05) is 31.5 Å². The van der Waals surface area contributed by atoms with Crippen LogP contribution in [-0.4, -0.2) is 51.9 Å². The SMILES string of the molecule is CCCCc1cn(-c2c(C(=O)OCC)ccn2C)c(=O)n1Cc1cc(-c2cccc(-c3nn[nH]n3)c2)ccn1. The Morgan fingerprint density at radius 1 is 1.08 bits per heavy atom. The summed E-state index contributed by atoms with van der Waals surface area (Å²) in [5, 5.41) is 14.2. The summed E-state index contributed by atoms with van der Waals surface area (Å²) in [6, 6.07) is 13.4. The van der Waals surface area contributed by atoms with Gasteiger partial charge in [0.25, 0.3) is 0 Å². The van der Waals surface area contributed by atoms with Gasteiger partial charge in [0.2, 0.25) is 5.82 Å². The summed E-state index contributed by atoms with van der Waals surface area (Å²) in [5.74, 6) is 0.540. The number of H-pyrrole nitrogens is 1. The smallest absolute Gasteiger partial charge is 0.341 e. The monoisotopic (exact) mass is 526 g/mol. The van der Waals surface area contributed by atoms with Crippen LogP contribution >= 0.6 is 0 Å². The van der Waals surface area contributed by atoms with Crippen molar-refractivity contribution in [3.8, 4) is 28.3 Å². The molecule has 0 saturated carbocycles. The molecule has 0 unspecified atom stereocenters. The number of esters is 1. The Balaban J connectivity index is 1.52. The highest BCUT2D eigenvalue weighted by molar-refractivity contribution is 5.93. The second kappa shape index (κ2) is 11.3. The molecule has 5 aromatic rings. The highest BCUT2D eigenvalue weighted by atomic mass is 16.5. The Morgan fingerprint density at radius 2 is 1.90 bits per heavy atom. The lowest BCUT2D eigenvalue weighted by atomic mass is 10.0. The van der Waals surface area contributed by atoms with Crippen LogP contribution in [-0.2, 0) is 24.8 Å². The number of hydrogen-bond donors (Lipinski definition) is 1. The molecule has 11 nitrogen and oxygen atoms in total. The van der Waals surface area contributed by atoms with E-state index in [9.17, 15) is 9.59 Å². The number of ether oxygens (including phenoxy) is 1. The molecule has 1 aromatic carbocycles. The third-order valence-electron chi connectivity index (χ3n) is 6.55. The summed E-state index contributed by atoms with van der Waals surface area (Å²) in [5.41, 5.74) is 4.51. The fraction of sp³-hybridized carbons (Fsp3) is 0.286. The molecule has 0 saturated heterocycles. The lowest BCUT2D eigenvalue weighted by Crippen LogP contribution is -2.27. The summed E-state index contributed by atoms with van der Waals surface area (Å²) in [6.45, 7) is 4.42. The first-order valence-corrected chi connectivity index (χ1v) is 12.9. The number of pyridine rings is 1. The van der Waals surface area contributed by atoms with Gasteiger partial charge in [0.15, 0.2) is 0 Å². The third kappa shape index (κ3) is 5.28. The first-order chi connectivity index (χ1) is 19.0. The topological polar surface area (TPSA) is 126 Å². The zero-order valence-corrected chi connectivity index (χ0v) is 22.2. The van der Waals surface area contributed by atoms with Crippen LogP contribution in [0.3, 0.4) is 0 Å². The van der Waals surface area contributed by atoms with Gasteiger partial charge >= 0.3 is 11.7 Å². The number of hydrogen-bond acceptors (Lipinski definition) is 7. The second-order valence-electron chi connectivity index (χ2n) is 9.20. The van der Waals surface area contributed by atoms with E-state index >= 15 is 0 Å². The highest BCUT2D eigenvalue weighted by Crippen LogP contribution is 2.25. The van der Waals surface area contributed by atoms with Gasteiger partial charge in [-0.2, -0.15) is 5.21 Å².